The van der Waals surface area contributed by atoms with Crippen LogP contribution >= 0.6 is 11.6 Å². The normalized spacial score (nSPS) is 11.1. The molecule has 0 heterocycles. The molecule has 0 saturated heterocycles. The van der Waals surface area contributed by atoms with E-state index in [9.17, 15) is 9.59 Å². The minimum atomic E-state index is -0.732. The Kier molecular flexibility index (Phi) is 4.29. The number of ether oxygens (including phenoxy) is 1. The van der Waals surface area contributed by atoms with Crippen LogP contribution in [0.3, 0.4) is 0 Å². The van der Waals surface area contributed by atoms with E-state index in [2.05, 4.69) is 4.74 Å². The molecule has 4 nitrogen and oxygen atoms in total. The lowest BCUT2D eigenvalue weighted by atomic mass is 10.1. The predicted octanol–water partition coefficient (Wildman–Crippen LogP) is 1.85. The summed E-state index contributed by atoms with van der Waals surface area (Å²) in [5.74, 6) is -1.10. The second kappa shape index (κ2) is 5.50. The lowest BCUT2D eigenvalue weighted by Gasteiger charge is -2.02. The van der Waals surface area contributed by atoms with Gasteiger partial charge in [0.25, 0.3) is 0 Å². The number of carbonyl (C=O) groups excluding carboxylic acids is 2. The Hall–Kier alpha value is -1.81. The summed E-state index contributed by atoms with van der Waals surface area (Å²) in [5.41, 5.74) is 6.34. The maximum atomic E-state index is 11.7. The summed E-state index contributed by atoms with van der Waals surface area (Å²) in [4.78, 5) is 22.7. The highest BCUT2D eigenvalue weighted by Gasteiger charge is 2.09. The van der Waals surface area contributed by atoms with Gasteiger partial charge in [0.15, 0.2) is 5.78 Å². The van der Waals surface area contributed by atoms with E-state index in [0.717, 1.165) is 11.6 Å². The first-order chi connectivity index (χ1) is 7.95. The van der Waals surface area contributed by atoms with Crippen LogP contribution in [0, 0.1) is 6.92 Å². The lowest BCUT2D eigenvalue weighted by molar-refractivity contribution is -0.136. The Morgan fingerprint density at radius 3 is 2.59 bits per heavy atom. The topological polar surface area (TPSA) is 69.4 Å². The summed E-state index contributed by atoms with van der Waals surface area (Å²) in [6, 6.07) is 4.82. The van der Waals surface area contributed by atoms with Gasteiger partial charge in [0.1, 0.15) is 5.70 Å². The molecule has 0 amide bonds. The minimum Gasteiger partial charge on any atom is -0.464 e. The van der Waals surface area contributed by atoms with Gasteiger partial charge in [-0.05, 0) is 30.7 Å². The minimum absolute atomic E-state index is 0.231. The van der Waals surface area contributed by atoms with Crippen molar-refractivity contribution in [2.45, 2.75) is 6.92 Å². The van der Waals surface area contributed by atoms with Crippen molar-refractivity contribution in [3.8, 4) is 0 Å². The molecule has 90 valence electrons. The molecule has 5 heteroatoms. The van der Waals surface area contributed by atoms with Crippen molar-refractivity contribution in [3.63, 3.8) is 0 Å². The van der Waals surface area contributed by atoms with Crippen LogP contribution < -0.4 is 5.73 Å². The number of halogens is 1. The molecule has 0 unspecified atom stereocenters. The average molecular weight is 254 g/mol. The third-order valence-electron chi connectivity index (χ3n) is 2.15. The van der Waals surface area contributed by atoms with Gasteiger partial charge in [0.05, 0.1) is 7.11 Å². The second-order valence-corrected chi connectivity index (χ2v) is 3.83. The number of hydrogen-bond acceptors (Lipinski definition) is 4. The number of carbonyl (C=O) groups is 2. The van der Waals surface area contributed by atoms with Crippen LogP contribution in [0.1, 0.15) is 15.9 Å². The molecular weight excluding hydrogens is 242 g/mol. The summed E-state index contributed by atoms with van der Waals surface area (Å²) in [6.07, 6.45) is 1.04. The molecular formula is C12H12ClNO3. The summed E-state index contributed by atoms with van der Waals surface area (Å²) >= 11 is 5.84. The molecule has 1 rings (SSSR count). The Balaban J connectivity index is 2.98. The van der Waals surface area contributed by atoms with E-state index in [1.165, 1.54) is 7.11 Å². The molecule has 2 N–H and O–H groups in total. The molecule has 0 spiro atoms. The number of nitrogens with two attached hydrogens (primary N) is 1. The third kappa shape index (κ3) is 3.32. The quantitative estimate of drug-likeness (QED) is 0.507. The smallest absolute Gasteiger partial charge is 0.354 e. The van der Waals surface area contributed by atoms with Crippen molar-refractivity contribution in [2.75, 3.05) is 7.11 Å². The molecule has 0 saturated carbocycles. The van der Waals surface area contributed by atoms with Gasteiger partial charge in [-0.2, -0.15) is 0 Å². The van der Waals surface area contributed by atoms with Gasteiger partial charge in [-0.25, -0.2) is 4.79 Å². The van der Waals surface area contributed by atoms with Crippen molar-refractivity contribution >= 4 is 23.4 Å². The number of esters is 1. The van der Waals surface area contributed by atoms with Crippen LogP contribution in [0.5, 0.6) is 0 Å². The van der Waals surface area contributed by atoms with E-state index in [4.69, 9.17) is 17.3 Å². The summed E-state index contributed by atoms with van der Waals surface area (Å²) in [7, 11) is 1.19. The van der Waals surface area contributed by atoms with Gasteiger partial charge in [-0.3, -0.25) is 4.79 Å². The molecule has 0 bridgehead atoms. The number of rotatable bonds is 3. The molecule has 0 aromatic heterocycles. The number of ketones is 1. The van der Waals surface area contributed by atoms with Crippen molar-refractivity contribution in [1.82, 2.24) is 0 Å². The van der Waals surface area contributed by atoms with Gasteiger partial charge >= 0.3 is 5.97 Å². The average Bonchev–Trinajstić information content (AvgIpc) is 2.31. The highest BCUT2D eigenvalue weighted by Crippen LogP contribution is 2.16. The predicted molar refractivity (Wildman–Crippen MR) is 64.8 cm³/mol. The number of aryl methyl sites for hydroxylation is 1. The standard InChI is InChI=1S/C12H12ClNO3/c1-7-5-8(3-4-9(7)13)11(15)6-10(14)12(16)17-2/h3-6H,14H2,1-2H3. The van der Waals surface area contributed by atoms with Crippen LogP contribution in [0.4, 0.5) is 0 Å². The highest BCUT2D eigenvalue weighted by atomic mass is 35.5. The Bertz CT molecular complexity index is 495. The molecule has 1 aromatic rings. The van der Waals surface area contributed by atoms with Crippen molar-refractivity contribution in [3.05, 3.63) is 46.1 Å². The number of methoxy groups -OCH3 is 1. The first kappa shape index (κ1) is 13.3. The summed E-state index contributed by atoms with van der Waals surface area (Å²) in [5, 5.41) is 0.575. The van der Waals surface area contributed by atoms with Crippen molar-refractivity contribution < 1.29 is 14.3 Å². The number of benzene rings is 1. The van der Waals surface area contributed by atoms with Crippen LogP contribution in [0.2, 0.25) is 5.02 Å². The fourth-order valence-electron chi connectivity index (χ4n) is 1.20. The molecule has 0 aliphatic heterocycles. The van der Waals surface area contributed by atoms with Crippen LogP contribution in [0.25, 0.3) is 0 Å². The van der Waals surface area contributed by atoms with E-state index in [1.807, 2.05) is 0 Å². The zero-order valence-electron chi connectivity index (χ0n) is 9.49. The first-order valence-electron chi connectivity index (χ1n) is 4.81. The van der Waals surface area contributed by atoms with Crippen molar-refractivity contribution in [1.29, 1.82) is 0 Å². The van der Waals surface area contributed by atoms with Gasteiger partial charge in [0, 0.05) is 16.7 Å². The van der Waals surface area contributed by atoms with E-state index in [0.29, 0.717) is 10.6 Å². The highest BCUT2D eigenvalue weighted by molar-refractivity contribution is 6.31. The van der Waals surface area contributed by atoms with E-state index in [-0.39, 0.29) is 11.5 Å². The Morgan fingerprint density at radius 1 is 1.41 bits per heavy atom. The van der Waals surface area contributed by atoms with Gasteiger partial charge in [-0.15, -0.1) is 0 Å². The second-order valence-electron chi connectivity index (χ2n) is 3.42. The Morgan fingerprint density at radius 2 is 2.06 bits per heavy atom. The fraction of sp³-hybridized carbons (Fsp3) is 0.167. The van der Waals surface area contributed by atoms with Crippen LogP contribution in [0.15, 0.2) is 30.0 Å². The largest absolute Gasteiger partial charge is 0.464 e. The fourth-order valence-corrected chi connectivity index (χ4v) is 1.32. The van der Waals surface area contributed by atoms with Gasteiger partial charge in [-0.1, -0.05) is 11.6 Å². The maximum absolute atomic E-state index is 11.7. The van der Waals surface area contributed by atoms with E-state index in [1.54, 1.807) is 25.1 Å². The molecule has 0 fully saturated rings. The van der Waals surface area contributed by atoms with Crippen molar-refractivity contribution in [2.24, 2.45) is 5.73 Å². The number of hydrogen-bond donors (Lipinski definition) is 1. The zero-order chi connectivity index (χ0) is 13.0. The zero-order valence-corrected chi connectivity index (χ0v) is 10.2. The van der Waals surface area contributed by atoms with Crippen LogP contribution in [-0.4, -0.2) is 18.9 Å². The molecule has 1 aromatic carbocycles. The summed E-state index contributed by atoms with van der Waals surface area (Å²) in [6.45, 7) is 1.78. The molecule has 17 heavy (non-hydrogen) atoms. The molecule has 0 radical (unpaired) electrons. The molecule has 0 atom stereocenters. The molecule has 0 aliphatic carbocycles. The summed E-state index contributed by atoms with van der Waals surface area (Å²) < 4.78 is 4.39. The first-order valence-corrected chi connectivity index (χ1v) is 5.19. The molecule has 0 aliphatic rings. The van der Waals surface area contributed by atoms with E-state index >= 15 is 0 Å². The maximum Gasteiger partial charge on any atom is 0.354 e. The van der Waals surface area contributed by atoms with Gasteiger partial charge < -0.3 is 10.5 Å². The van der Waals surface area contributed by atoms with E-state index < -0.39 is 5.97 Å². The lowest BCUT2D eigenvalue weighted by Crippen LogP contribution is -2.14. The monoisotopic (exact) mass is 253 g/mol. The third-order valence-corrected chi connectivity index (χ3v) is 2.57. The Labute approximate surface area is 104 Å². The SMILES string of the molecule is COC(=O)C(N)=CC(=O)c1ccc(Cl)c(C)c1. The number of allylic oxidation sites excluding steroid dienone is 1. The van der Waals surface area contributed by atoms with Gasteiger partial charge in [0.2, 0.25) is 0 Å². The van der Waals surface area contributed by atoms with Crippen LogP contribution in [-0.2, 0) is 9.53 Å².